The van der Waals surface area contributed by atoms with Crippen LogP contribution in [0.4, 0.5) is 10.1 Å². The smallest absolute Gasteiger partial charge is 0.335 e. The summed E-state index contributed by atoms with van der Waals surface area (Å²) in [5, 5.41) is 12.1. The van der Waals surface area contributed by atoms with E-state index in [-0.39, 0.29) is 23.4 Å². The fraction of sp³-hybridized carbons (Fsp3) is 0.533. The molecule has 1 heterocycles. The Morgan fingerprint density at radius 1 is 1.50 bits per heavy atom. The van der Waals surface area contributed by atoms with Crippen LogP contribution < -0.4 is 5.32 Å². The molecule has 1 fully saturated rings. The molecule has 2 atom stereocenters. The molecule has 5 heteroatoms. The van der Waals surface area contributed by atoms with Crippen molar-refractivity contribution in [2.75, 3.05) is 11.9 Å². The molecule has 4 nitrogen and oxygen atoms in total. The first kappa shape index (κ1) is 14.8. The molecular weight excluding hydrogens is 261 g/mol. The molecule has 2 rings (SSSR count). The van der Waals surface area contributed by atoms with Crippen LogP contribution in [-0.4, -0.2) is 29.8 Å². The van der Waals surface area contributed by atoms with E-state index in [1.165, 1.54) is 18.2 Å². The molecule has 1 aliphatic heterocycles. The molecule has 0 aliphatic carbocycles. The van der Waals surface area contributed by atoms with Gasteiger partial charge in [-0.25, -0.2) is 9.18 Å². The highest BCUT2D eigenvalue weighted by atomic mass is 19.1. The van der Waals surface area contributed by atoms with Crippen LogP contribution in [0.2, 0.25) is 0 Å². The third-order valence-corrected chi connectivity index (χ3v) is 3.63. The maximum Gasteiger partial charge on any atom is 0.335 e. The number of nitrogens with one attached hydrogen (secondary N) is 1. The molecular formula is C15H20FNO3. The van der Waals surface area contributed by atoms with E-state index in [4.69, 9.17) is 9.84 Å². The SMILES string of the molecule is CC(C)C1CC(Nc2cc(C(=O)O)ccc2F)CCO1. The maximum absolute atomic E-state index is 13.8. The molecule has 1 saturated heterocycles. The molecule has 2 unspecified atom stereocenters. The summed E-state index contributed by atoms with van der Waals surface area (Å²) in [4.78, 5) is 10.9. The Labute approximate surface area is 117 Å². The summed E-state index contributed by atoms with van der Waals surface area (Å²) in [7, 11) is 0. The summed E-state index contributed by atoms with van der Waals surface area (Å²) in [6.45, 7) is 4.83. The third kappa shape index (κ3) is 3.48. The van der Waals surface area contributed by atoms with Crippen molar-refractivity contribution >= 4 is 11.7 Å². The largest absolute Gasteiger partial charge is 0.478 e. The van der Waals surface area contributed by atoms with Crippen molar-refractivity contribution < 1.29 is 19.0 Å². The fourth-order valence-corrected chi connectivity index (χ4v) is 2.41. The molecule has 1 aliphatic rings. The molecule has 1 aromatic rings. The number of carboxylic acid groups (broad SMARTS) is 1. The Morgan fingerprint density at radius 3 is 2.90 bits per heavy atom. The van der Waals surface area contributed by atoms with E-state index in [1.807, 2.05) is 0 Å². The van der Waals surface area contributed by atoms with E-state index < -0.39 is 11.8 Å². The Balaban J connectivity index is 2.09. The van der Waals surface area contributed by atoms with Crippen molar-refractivity contribution in [3.8, 4) is 0 Å². The average molecular weight is 281 g/mol. The summed E-state index contributed by atoms with van der Waals surface area (Å²) in [6, 6.07) is 3.90. The molecule has 1 aromatic carbocycles. The number of benzene rings is 1. The summed E-state index contributed by atoms with van der Waals surface area (Å²) in [5.41, 5.74) is 0.334. The minimum atomic E-state index is -1.06. The lowest BCUT2D eigenvalue weighted by atomic mass is 9.95. The number of rotatable bonds is 4. The molecule has 0 amide bonds. The van der Waals surface area contributed by atoms with Gasteiger partial charge in [-0.15, -0.1) is 0 Å². The molecule has 0 bridgehead atoms. The van der Waals surface area contributed by atoms with Crippen LogP contribution >= 0.6 is 0 Å². The van der Waals surface area contributed by atoms with Crippen molar-refractivity contribution in [2.24, 2.45) is 5.92 Å². The van der Waals surface area contributed by atoms with Crippen LogP contribution in [0.1, 0.15) is 37.0 Å². The van der Waals surface area contributed by atoms with Gasteiger partial charge in [0, 0.05) is 12.6 Å². The molecule has 20 heavy (non-hydrogen) atoms. The average Bonchev–Trinajstić information content (AvgIpc) is 2.41. The van der Waals surface area contributed by atoms with Gasteiger partial charge in [0.05, 0.1) is 17.4 Å². The van der Waals surface area contributed by atoms with E-state index in [1.54, 1.807) is 0 Å². The van der Waals surface area contributed by atoms with Crippen molar-refractivity contribution in [2.45, 2.75) is 38.8 Å². The Bertz CT molecular complexity index is 490. The molecule has 0 aromatic heterocycles. The van der Waals surface area contributed by atoms with Crippen LogP contribution in [-0.2, 0) is 4.74 Å². The number of ether oxygens (including phenoxy) is 1. The fourth-order valence-electron chi connectivity index (χ4n) is 2.41. The van der Waals surface area contributed by atoms with Crippen molar-refractivity contribution in [1.82, 2.24) is 0 Å². The second kappa shape index (κ2) is 6.22. The maximum atomic E-state index is 13.8. The van der Waals surface area contributed by atoms with Gasteiger partial charge >= 0.3 is 5.97 Å². The predicted molar refractivity (Wildman–Crippen MR) is 74.6 cm³/mol. The highest BCUT2D eigenvalue weighted by Gasteiger charge is 2.25. The molecule has 0 spiro atoms. The quantitative estimate of drug-likeness (QED) is 0.890. The van der Waals surface area contributed by atoms with Gasteiger partial charge in [-0.3, -0.25) is 0 Å². The van der Waals surface area contributed by atoms with Gasteiger partial charge in [0.15, 0.2) is 0 Å². The van der Waals surface area contributed by atoms with Crippen molar-refractivity contribution in [3.63, 3.8) is 0 Å². The summed E-state index contributed by atoms with van der Waals surface area (Å²) < 4.78 is 19.4. The molecule has 0 radical (unpaired) electrons. The first-order valence-electron chi connectivity index (χ1n) is 6.88. The minimum absolute atomic E-state index is 0.0846. The molecule has 0 saturated carbocycles. The number of anilines is 1. The zero-order chi connectivity index (χ0) is 14.7. The second-order valence-corrected chi connectivity index (χ2v) is 5.52. The number of hydrogen-bond donors (Lipinski definition) is 2. The van der Waals surface area contributed by atoms with E-state index in [0.29, 0.717) is 12.5 Å². The normalized spacial score (nSPS) is 22.8. The number of carboxylic acids is 1. The Hall–Kier alpha value is -1.62. The Morgan fingerprint density at radius 2 is 2.25 bits per heavy atom. The van der Waals surface area contributed by atoms with E-state index in [2.05, 4.69) is 19.2 Å². The standard InChI is InChI=1S/C15H20FNO3/c1-9(2)14-8-11(5-6-20-14)17-13-7-10(15(18)19)3-4-12(13)16/h3-4,7,9,11,14,17H,5-6,8H2,1-2H3,(H,18,19). The lowest BCUT2D eigenvalue weighted by Gasteiger charge is -2.33. The van der Waals surface area contributed by atoms with Crippen LogP contribution in [0.15, 0.2) is 18.2 Å². The first-order valence-corrected chi connectivity index (χ1v) is 6.88. The monoisotopic (exact) mass is 281 g/mol. The highest BCUT2D eigenvalue weighted by molar-refractivity contribution is 5.88. The Kier molecular flexibility index (Phi) is 4.60. The summed E-state index contributed by atoms with van der Waals surface area (Å²) in [6.07, 6.45) is 1.75. The summed E-state index contributed by atoms with van der Waals surface area (Å²) >= 11 is 0. The highest BCUT2D eigenvalue weighted by Crippen LogP contribution is 2.25. The molecule has 2 N–H and O–H groups in total. The van der Waals surface area contributed by atoms with Crippen LogP contribution in [0.25, 0.3) is 0 Å². The second-order valence-electron chi connectivity index (χ2n) is 5.52. The lowest BCUT2D eigenvalue weighted by molar-refractivity contribution is -0.0161. The van der Waals surface area contributed by atoms with Gasteiger partial charge < -0.3 is 15.2 Å². The zero-order valence-electron chi connectivity index (χ0n) is 11.7. The third-order valence-electron chi connectivity index (χ3n) is 3.63. The topological polar surface area (TPSA) is 58.6 Å². The van der Waals surface area contributed by atoms with E-state index in [9.17, 15) is 9.18 Å². The van der Waals surface area contributed by atoms with E-state index in [0.717, 1.165) is 12.8 Å². The van der Waals surface area contributed by atoms with Crippen LogP contribution in [0.5, 0.6) is 0 Å². The number of carbonyl (C=O) groups is 1. The van der Waals surface area contributed by atoms with Gasteiger partial charge in [0.25, 0.3) is 0 Å². The van der Waals surface area contributed by atoms with Crippen molar-refractivity contribution in [3.05, 3.63) is 29.6 Å². The minimum Gasteiger partial charge on any atom is -0.478 e. The predicted octanol–water partition coefficient (Wildman–Crippen LogP) is 3.14. The van der Waals surface area contributed by atoms with Crippen LogP contribution in [0.3, 0.4) is 0 Å². The van der Waals surface area contributed by atoms with Gasteiger partial charge in [-0.05, 0) is 37.0 Å². The van der Waals surface area contributed by atoms with Crippen LogP contribution in [0, 0.1) is 11.7 Å². The van der Waals surface area contributed by atoms with Gasteiger partial charge in [-0.1, -0.05) is 13.8 Å². The lowest BCUT2D eigenvalue weighted by Crippen LogP contribution is -2.36. The zero-order valence-corrected chi connectivity index (χ0v) is 11.7. The number of hydrogen-bond acceptors (Lipinski definition) is 3. The number of halogens is 1. The first-order chi connectivity index (χ1) is 9.47. The molecule has 110 valence electrons. The van der Waals surface area contributed by atoms with Gasteiger partial charge in [0.2, 0.25) is 0 Å². The van der Waals surface area contributed by atoms with Crippen molar-refractivity contribution in [1.29, 1.82) is 0 Å². The van der Waals surface area contributed by atoms with Gasteiger partial charge in [0.1, 0.15) is 5.82 Å². The van der Waals surface area contributed by atoms with Gasteiger partial charge in [-0.2, -0.15) is 0 Å². The summed E-state index contributed by atoms with van der Waals surface area (Å²) in [5.74, 6) is -1.07. The number of aromatic carboxylic acids is 1. The van der Waals surface area contributed by atoms with E-state index >= 15 is 0 Å².